The highest BCUT2D eigenvalue weighted by molar-refractivity contribution is 6.46. The lowest BCUT2D eigenvalue weighted by Gasteiger charge is -2.26. The molecular weight excluding hydrogens is 482 g/mol. The van der Waals surface area contributed by atoms with Crippen LogP contribution in [0, 0.1) is 0 Å². The van der Waals surface area contributed by atoms with E-state index >= 15 is 0 Å². The number of amides is 1. The Bertz CT molecular complexity index is 1300. The van der Waals surface area contributed by atoms with Gasteiger partial charge in [0.1, 0.15) is 11.5 Å². The van der Waals surface area contributed by atoms with Crippen molar-refractivity contribution in [1.29, 1.82) is 0 Å². The van der Waals surface area contributed by atoms with Crippen molar-refractivity contribution < 1.29 is 28.9 Å². The number of hydrogen-bond donors (Lipinski definition) is 1. The first-order valence-corrected chi connectivity index (χ1v) is 12.8. The fourth-order valence-electron chi connectivity index (χ4n) is 4.48. The predicted molar refractivity (Wildman–Crippen MR) is 145 cm³/mol. The lowest BCUT2D eigenvalue weighted by molar-refractivity contribution is -0.140. The molecule has 4 rings (SSSR count). The fraction of sp³-hybridized carbons (Fsp3) is 0.290. The molecule has 1 heterocycles. The van der Waals surface area contributed by atoms with Crippen LogP contribution in [0.3, 0.4) is 0 Å². The van der Waals surface area contributed by atoms with Crippen molar-refractivity contribution in [3.8, 4) is 17.2 Å². The van der Waals surface area contributed by atoms with Gasteiger partial charge >= 0.3 is 0 Å². The molecule has 3 aromatic rings. The average molecular weight is 516 g/mol. The van der Waals surface area contributed by atoms with Crippen molar-refractivity contribution in [2.75, 3.05) is 20.3 Å². The van der Waals surface area contributed by atoms with E-state index in [2.05, 4.69) is 6.92 Å². The molecule has 0 aliphatic carbocycles. The predicted octanol–water partition coefficient (Wildman–Crippen LogP) is 5.89. The van der Waals surface area contributed by atoms with Crippen molar-refractivity contribution in [1.82, 2.24) is 4.90 Å². The number of likely N-dealkylation sites (tertiary alicyclic amines) is 1. The van der Waals surface area contributed by atoms with Gasteiger partial charge in [-0.15, -0.1) is 0 Å². The average Bonchev–Trinajstić information content (AvgIpc) is 3.19. The SMILES string of the molecule is CCCCOc1ccc(C2C(=C(O)c3ccc(OC)cc3)C(=O)C(=O)N2Cc2ccccc2)cc1OCC. The number of Topliss-reactive ketones (excluding diaryl/α,β-unsaturated/α-hetero) is 1. The summed E-state index contributed by atoms with van der Waals surface area (Å²) in [6, 6.07) is 20.8. The first-order chi connectivity index (χ1) is 18.5. The Morgan fingerprint density at radius 3 is 2.32 bits per heavy atom. The van der Waals surface area contributed by atoms with Gasteiger partial charge in [-0.2, -0.15) is 0 Å². The van der Waals surface area contributed by atoms with Crippen LogP contribution in [-0.2, 0) is 16.1 Å². The Morgan fingerprint density at radius 1 is 0.921 bits per heavy atom. The molecule has 1 atom stereocenters. The molecule has 0 bridgehead atoms. The molecule has 38 heavy (non-hydrogen) atoms. The van der Waals surface area contributed by atoms with Gasteiger partial charge in [0, 0.05) is 12.1 Å². The highest BCUT2D eigenvalue weighted by Crippen LogP contribution is 2.43. The molecule has 1 fully saturated rings. The molecule has 0 aromatic heterocycles. The number of nitrogens with zero attached hydrogens (tertiary/aromatic N) is 1. The van der Waals surface area contributed by atoms with Gasteiger partial charge in [0.15, 0.2) is 11.5 Å². The molecule has 3 aromatic carbocycles. The van der Waals surface area contributed by atoms with Gasteiger partial charge in [0.25, 0.3) is 11.7 Å². The molecule has 1 unspecified atom stereocenters. The highest BCUT2D eigenvalue weighted by atomic mass is 16.5. The van der Waals surface area contributed by atoms with Gasteiger partial charge in [-0.25, -0.2) is 0 Å². The third-order valence-corrected chi connectivity index (χ3v) is 6.44. The Hall–Kier alpha value is -4.26. The standard InChI is InChI=1S/C31H33NO6/c1-4-6-18-38-25-17-14-23(19-26(25)37-5-2)28-27(29(33)22-12-15-24(36-3)16-13-22)30(34)31(35)32(28)20-21-10-8-7-9-11-21/h7-17,19,28,33H,4-6,18,20H2,1-3H3. The van der Waals surface area contributed by atoms with Crippen LogP contribution in [0.15, 0.2) is 78.4 Å². The highest BCUT2D eigenvalue weighted by Gasteiger charge is 2.46. The maximum atomic E-state index is 13.4. The zero-order valence-corrected chi connectivity index (χ0v) is 22.0. The molecule has 7 nitrogen and oxygen atoms in total. The Balaban J connectivity index is 1.83. The second kappa shape index (κ2) is 12.3. The summed E-state index contributed by atoms with van der Waals surface area (Å²) >= 11 is 0. The minimum Gasteiger partial charge on any atom is -0.507 e. The number of unbranched alkanes of at least 4 members (excludes halogenated alkanes) is 1. The number of benzene rings is 3. The summed E-state index contributed by atoms with van der Waals surface area (Å²) in [5.74, 6) is 0.0844. The van der Waals surface area contributed by atoms with Gasteiger partial charge < -0.3 is 24.2 Å². The number of ether oxygens (including phenoxy) is 3. The number of ketones is 1. The summed E-state index contributed by atoms with van der Waals surface area (Å²) in [4.78, 5) is 28.2. The van der Waals surface area contributed by atoms with Gasteiger partial charge in [-0.3, -0.25) is 9.59 Å². The van der Waals surface area contributed by atoms with Crippen molar-refractivity contribution in [2.24, 2.45) is 0 Å². The number of aliphatic hydroxyl groups excluding tert-OH is 1. The van der Waals surface area contributed by atoms with Crippen molar-refractivity contribution >= 4 is 17.4 Å². The smallest absolute Gasteiger partial charge is 0.295 e. The summed E-state index contributed by atoms with van der Waals surface area (Å²) in [5.41, 5.74) is 1.95. The Morgan fingerprint density at radius 2 is 1.66 bits per heavy atom. The summed E-state index contributed by atoms with van der Waals surface area (Å²) in [5, 5.41) is 11.3. The molecule has 1 N–H and O–H groups in total. The molecule has 1 aliphatic rings. The number of rotatable bonds is 11. The Labute approximate surface area is 223 Å². The lowest BCUT2D eigenvalue weighted by atomic mass is 9.94. The van der Waals surface area contributed by atoms with Crippen LogP contribution in [0.4, 0.5) is 0 Å². The van der Waals surface area contributed by atoms with E-state index in [1.54, 1.807) is 43.5 Å². The number of aliphatic hydroxyl groups is 1. The molecule has 7 heteroatoms. The van der Waals surface area contributed by atoms with E-state index < -0.39 is 17.7 Å². The van der Waals surface area contributed by atoms with E-state index in [0.717, 1.165) is 18.4 Å². The first-order valence-electron chi connectivity index (χ1n) is 12.8. The zero-order chi connectivity index (χ0) is 27.1. The topological polar surface area (TPSA) is 85.3 Å². The summed E-state index contributed by atoms with van der Waals surface area (Å²) in [6.45, 7) is 5.15. The molecule has 1 amide bonds. The maximum absolute atomic E-state index is 13.4. The summed E-state index contributed by atoms with van der Waals surface area (Å²) in [7, 11) is 1.55. The first kappa shape index (κ1) is 26.8. The zero-order valence-electron chi connectivity index (χ0n) is 22.0. The minimum atomic E-state index is -0.818. The van der Waals surface area contributed by atoms with Gasteiger partial charge in [-0.1, -0.05) is 49.7 Å². The van der Waals surface area contributed by atoms with Crippen LogP contribution in [0.25, 0.3) is 5.76 Å². The van der Waals surface area contributed by atoms with E-state index in [4.69, 9.17) is 14.2 Å². The van der Waals surface area contributed by atoms with E-state index in [1.165, 1.54) is 4.90 Å². The van der Waals surface area contributed by atoms with Crippen LogP contribution >= 0.6 is 0 Å². The lowest BCUT2D eigenvalue weighted by Crippen LogP contribution is -2.29. The number of hydrogen-bond acceptors (Lipinski definition) is 6. The number of methoxy groups -OCH3 is 1. The van der Waals surface area contributed by atoms with Crippen molar-refractivity contribution in [3.63, 3.8) is 0 Å². The second-order valence-electron chi connectivity index (χ2n) is 8.98. The normalized spacial score (nSPS) is 16.5. The van der Waals surface area contributed by atoms with Crippen LogP contribution in [0.2, 0.25) is 0 Å². The third kappa shape index (κ3) is 5.67. The largest absolute Gasteiger partial charge is 0.507 e. The Kier molecular flexibility index (Phi) is 8.69. The molecule has 1 saturated heterocycles. The van der Waals surface area contributed by atoms with Crippen molar-refractivity contribution in [3.05, 3.63) is 95.1 Å². The van der Waals surface area contributed by atoms with Crippen LogP contribution in [0.1, 0.15) is 49.4 Å². The molecular formula is C31H33NO6. The van der Waals surface area contributed by atoms with Crippen molar-refractivity contribution in [2.45, 2.75) is 39.3 Å². The monoisotopic (exact) mass is 515 g/mol. The number of carbonyl (C=O) groups is 2. The third-order valence-electron chi connectivity index (χ3n) is 6.44. The van der Waals surface area contributed by atoms with Gasteiger partial charge in [-0.05, 0) is 60.9 Å². The van der Waals surface area contributed by atoms with E-state index in [1.807, 2.05) is 43.3 Å². The molecule has 1 aliphatic heterocycles. The van der Waals surface area contributed by atoms with Gasteiger partial charge in [0.2, 0.25) is 0 Å². The molecule has 198 valence electrons. The number of carbonyl (C=O) groups excluding carboxylic acids is 2. The minimum absolute atomic E-state index is 0.0261. The summed E-state index contributed by atoms with van der Waals surface area (Å²) < 4.78 is 17.0. The molecule has 0 saturated carbocycles. The summed E-state index contributed by atoms with van der Waals surface area (Å²) in [6.07, 6.45) is 1.91. The maximum Gasteiger partial charge on any atom is 0.295 e. The quantitative estimate of drug-likeness (QED) is 0.148. The van der Waals surface area contributed by atoms with E-state index in [-0.39, 0.29) is 17.9 Å². The fourth-order valence-corrected chi connectivity index (χ4v) is 4.48. The van der Waals surface area contributed by atoms with Crippen LogP contribution in [-0.4, -0.2) is 42.0 Å². The van der Waals surface area contributed by atoms with Crippen LogP contribution < -0.4 is 14.2 Å². The van der Waals surface area contributed by atoms with Gasteiger partial charge in [0.05, 0.1) is 31.9 Å². The molecule has 0 radical (unpaired) electrons. The van der Waals surface area contributed by atoms with Crippen LogP contribution in [0.5, 0.6) is 17.2 Å². The second-order valence-corrected chi connectivity index (χ2v) is 8.98. The molecule has 0 spiro atoms. The van der Waals surface area contributed by atoms with E-state index in [0.29, 0.717) is 41.6 Å². The van der Waals surface area contributed by atoms with E-state index in [9.17, 15) is 14.7 Å².